The molecule has 0 bridgehead atoms. The van der Waals surface area contributed by atoms with Gasteiger partial charge in [0.25, 0.3) is 0 Å². The van der Waals surface area contributed by atoms with Gasteiger partial charge in [-0.3, -0.25) is 48.1 Å². The quantitative estimate of drug-likeness (QED) is 0.0206. The molecule has 0 aromatic heterocycles. The summed E-state index contributed by atoms with van der Waals surface area (Å²) in [7, 11) is 0. The minimum absolute atomic E-state index is 0.00159. The fourth-order valence-electron chi connectivity index (χ4n) is 6.38. The van der Waals surface area contributed by atoms with Gasteiger partial charge in [0.2, 0.25) is 47.3 Å². The molecule has 8 unspecified atom stereocenters. The molecule has 25 heteroatoms. The van der Waals surface area contributed by atoms with Crippen molar-refractivity contribution >= 4 is 59.2 Å². The van der Waals surface area contributed by atoms with Crippen LogP contribution in [0.15, 0.2) is 59.6 Å². The van der Waals surface area contributed by atoms with E-state index in [-0.39, 0.29) is 56.3 Å². The number of guanidine groups is 1. The number of nitrogens with one attached hydrogen (secondary N) is 7. The third-order valence-corrected chi connectivity index (χ3v) is 9.92. The van der Waals surface area contributed by atoms with E-state index in [1.165, 1.54) is 24.3 Å². The largest absolute Gasteiger partial charge is 0.508 e. The molecular weight excluding hydrogens is 893 g/mol. The Morgan fingerprint density at radius 1 is 0.647 bits per heavy atom. The van der Waals surface area contributed by atoms with Gasteiger partial charge in [-0.1, -0.05) is 56.3 Å². The maximum Gasteiger partial charge on any atom is 0.305 e. The number of aliphatic carboxylic acids is 1. The number of amides is 8. The number of carboxylic acid groups (broad SMARTS) is 1. The van der Waals surface area contributed by atoms with E-state index in [2.05, 4.69) is 42.2 Å². The minimum atomic E-state index is -1.81. The molecule has 2 aromatic carbocycles. The number of phenolic OH excluding ortho intramolecular Hbond substituents is 1. The van der Waals surface area contributed by atoms with Crippen molar-refractivity contribution in [1.29, 1.82) is 0 Å². The second-order valence-corrected chi connectivity index (χ2v) is 16.2. The average molecular weight is 957 g/mol. The zero-order valence-corrected chi connectivity index (χ0v) is 38.0. The number of primary amides is 1. The van der Waals surface area contributed by atoms with E-state index in [0.29, 0.717) is 11.1 Å². The van der Waals surface area contributed by atoms with Crippen molar-refractivity contribution in [3.63, 3.8) is 0 Å². The number of phenols is 1. The Hall–Kier alpha value is -7.38. The highest BCUT2D eigenvalue weighted by molar-refractivity contribution is 5.98. The van der Waals surface area contributed by atoms with E-state index in [0.717, 1.165) is 6.92 Å². The normalized spacial score (nSPS) is 14.5. The van der Waals surface area contributed by atoms with E-state index in [1.54, 1.807) is 30.3 Å². The first kappa shape index (κ1) is 56.7. The molecule has 374 valence electrons. The van der Waals surface area contributed by atoms with Crippen LogP contribution in [-0.4, -0.2) is 148 Å². The third kappa shape index (κ3) is 20.8. The van der Waals surface area contributed by atoms with Crippen molar-refractivity contribution in [3.05, 3.63) is 65.7 Å². The predicted molar refractivity (Wildman–Crippen MR) is 244 cm³/mol. The second-order valence-electron chi connectivity index (χ2n) is 16.2. The fraction of sp³-hybridized carbons (Fsp3) is 0.488. The Bertz CT molecular complexity index is 2070. The van der Waals surface area contributed by atoms with Crippen molar-refractivity contribution < 1.29 is 63.6 Å². The molecule has 0 aliphatic heterocycles. The lowest BCUT2D eigenvalue weighted by atomic mass is 10.0. The molecule has 0 spiro atoms. The fourth-order valence-corrected chi connectivity index (χ4v) is 6.38. The molecule has 0 saturated heterocycles. The summed E-state index contributed by atoms with van der Waals surface area (Å²) in [6.45, 7) is 3.15. The number of carbonyl (C=O) groups excluding carboxylic acids is 8. The minimum Gasteiger partial charge on any atom is -0.508 e. The van der Waals surface area contributed by atoms with Crippen LogP contribution in [0.5, 0.6) is 5.75 Å². The maximum atomic E-state index is 14.0. The van der Waals surface area contributed by atoms with Gasteiger partial charge in [0.05, 0.1) is 31.7 Å². The monoisotopic (exact) mass is 956 g/mol. The van der Waals surface area contributed by atoms with Crippen LogP contribution in [0.2, 0.25) is 0 Å². The Morgan fingerprint density at radius 2 is 1.18 bits per heavy atom. The van der Waals surface area contributed by atoms with Crippen LogP contribution in [0, 0.1) is 5.92 Å². The van der Waals surface area contributed by atoms with E-state index in [9.17, 15) is 58.5 Å². The van der Waals surface area contributed by atoms with Crippen molar-refractivity contribution in [3.8, 4) is 5.75 Å². The zero-order valence-electron chi connectivity index (χ0n) is 38.0. The standard InChI is InChI=1S/C43H64N12O13/c1-22(2)16-29(36(45)62)50-33(59)20-49-38(64)30(17-24-8-5-4-6-9-24)52-41(67)32(21-56)54-40(66)31(18-25-11-13-26(58)14-12-25)53-42(68)35(23(3)57)55-39(65)28(10-7-15-48-43(46)47)51-37(63)27(44)19-34(60)61/h4-6,8-9,11-14,22-23,27-32,35,56-58H,7,10,15-21,44H2,1-3H3,(H2,45,62)(H,49,64)(H,50,59)(H,51,63)(H,52,67)(H,53,68)(H,54,66)(H,55,65)(H,60,61)(H4,46,47,48). The lowest BCUT2D eigenvalue weighted by molar-refractivity contribution is -0.140. The molecule has 25 nitrogen and oxygen atoms in total. The number of aliphatic hydroxyl groups is 2. The maximum absolute atomic E-state index is 14.0. The Kier molecular flexibility index (Phi) is 23.9. The topological polar surface area (TPSA) is 435 Å². The van der Waals surface area contributed by atoms with Crippen molar-refractivity contribution in [1.82, 2.24) is 37.2 Å². The number of hydrogen-bond acceptors (Lipinski definition) is 14. The number of nitrogens with two attached hydrogens (primary N) is 4. The molecule has 68 heavy (non-hydrogen) atoms. The lowest BCUT2D eigenvalue weighted by Gasteiger charge is -2.28. The molecule has 2 rings (SSSR count). The highest BCUT2D eigenvalue weighted by atomic mass is 16.4. The highest BCUT2D eigenvalue weighted by Crippen LogP contribution is 2.13. The molecule has 0 radical (unpaired) electrons. The Balaban J connectivity index is 2.36. The molecule has 0 fully saturated rings. The number of rotatable bonds is 29. The van der Waals surface area contributed by atoms with E-state index in [1.807, 2.05) is 13.8 Å². The summed E-state index contributed by atoms with van der Waals surface area (Å²) in [5, 5.41) is 56.7. The first-order chi connectivity index (χ1) is 32.0. The number of carbonyl (C=O) groups is 9. The van der Waals surface area contributed by atoms with Crippen molar-refractivity contribution in [2.24, 2.45) is 33.8 Å². The van der Waals surface area contributed by atoms with Gasteiger partial charge in [-0.05, 0) is 55.4 Å². The van der Waals surface area contributed by atoms with E-state index in [4.69, 9.17) is 28.0 Å². The van der Waals surface area contributed by atoms with Crippen LogP contribution in [0.3, 0.4) is 0 Å². The predicted octanol–water partition coefficient (Wildman–Crippen LogP) is -5.04. The molecule has 8 atom stereocenters. The van der Waals surface area contributed by atoms with Gasteiger partial charge >= 0.3 is 5.97 Å². The van der Waals surface area contributed by atoms with Gasteiger partial charge in [0.1, 0.15) is 42.0 Å². The summed E-state index contributed by atoms with van der Waals surface area (Å²) in [6, 6.07) is 3.23. The number of nitrogens with zero attached hydrogens (tertiary/aromatic N) is 1. The molecule has 0 aliphatic carbocycles. The molecule has 0 aliphatic rings. The number of aromatic hydroxyl groups is 1. The first-order valence-electron chi connectivity index (χ1n) is 21.5. The van der Waals surface area contributed by atoms with Crippen LogP contribution in [0.25, 0.3) is 0 Å². The van der Waals surface area contributed by atoms with Crippen LogP contribution < -0.4 is 60.2 Å². The van der Waals surface area contributed by atoms with Gasteiger partial charge in [-0.15, -0.1) is 0 Å². The van der Waals surface area contributed by atoms with Crippen molar-refractivity contribution in [2.45, 2.75) is 108 Å². The van der Waals surface area contributed by atoms with E-state index < -0.39 is 121 Å². The van der Waals surface area contributed by atoms with E-state index >= 15 is 0 Å². The lowest BCUT2D eigenvalue weighted by Crippen LogP contribution is -2.62. The molecule has 8 amide bonds. The summed E-state index contributed by atoms with van der Waals surface area (Å²) in [4.78, 5) is 121. The molecular formula is C43H64N12O13. The smallest absolute Gasteiger partial charge is 0.305 e. The van der Waals surface area contributed by atoms with Gasteiger partial charge < -0.3 is 80.6 Å². The summed E-state index contributed by atoms with van der Waals surface area (Å²) in [5.74, 6) is -9.46. The number of carboxylic acids is 1. The first-order valence-corrected chi connectivity index (χ1v) is 21.5. The summed E-state index contributed by atoms with van der Waals surface area (Å²) in [6.07, 6.45) is -2.69. The van der Waals surface area contributed by atoms with Gasteiger partial charge in [0, 0.05) is 19.4 Å². The van der Waals surface area contributed by atoms with Crippen LogP contribution in [0.4, 0.5) is 0 Å². The van der Waals surface area contributed by atoms with Gasteiger partial charge in [-0.25, -0.2) is 0 Å². The number of hydrogen-bond donors (Lipinski definition) is 15. The van der Waals surface area contributed by atoms with Crippen LogP contribution in [0.1, 0.15) is 57.6 Å². The summed E-state index contributed by atoms with van der Waals surface area (Å²) < 4.78 is 0. The van der Waals surface area contributed by atoms with Crippen LogP contribution >= 0.6 is 0 Å². The van der Waals surface area contributed by atoms with Crippen molar-refractivity contribution in [2.75, 3.05) is 19.7 Å². The Labute approximate surface area is 392 Å². The third-order valence-electron chi connectivity index (χ3n) is 9.92. The zero-order chi connectivity index (χ0) is 51.1. The SMILES string of the molecule is CC(C)CC(NC(=O)CNC(=O)C(Cc1ccccc1)NC(=O)C(CO)NC(=O)C(Cc1ccc(O)cc1)NC(=O)C(NC(=O)C(CCCN=C(N)N)NC(=O)C(N)CC(=O)O)C(C)O)C(N)=O. The van der Waals surface area contributed by atoms with Crippen LogP contribution in [-0.2, 0) is 56.0 Å². The molecule has 0 saturated carbocycles. The van der Waals surface area contributed by atoms with Gasteiger partial charge in [-0.2, -0.15) is 0 Å². The number of benzene rings is 2. The molecule has 2 aromatic rings. The number of aliphatic hydroxyl groups excluding tert-OH is 2. The molecule has 0 heterocycles. The Morgan fingerprint density at radius 3 is 1.72 bits per heavy atom. The summed E-state index contributed by atoms with van der Waals surface area (Å²) >= 11 is 0. The van der Waals surface area contributed by atoms with Gasteiger partial charge in [0.15, 0.2) is 5.96 Å². The average Bonchev–Trinajstić information content (AvgIpc) is 3.26. The second kappa shape index (κ2) is 28.6. The number of aliphatic imine (C=N–C) groups is 1. The summed E-state index contributed by atoms with van der Waals surface area (Å²) in [5.41, 5.74) is 22.8. The highest BCUT2D eigenvalue weighted by Gasteiger charge is 2.35. The molecule has 19 N–H and O–H groups in total.